The lowest BCUT2D eigenvalue weighted by Crippen LogP contribution is -2.38. The highest BCUT2D eigenvalue weighted by Crippen LogP contribution is 2.22. The van der Waals surface area contributed by atoms with Gasteiger partial charge in [0.2, 0.25) is 5.91 Å². The fourth-order valence-electron chi connectivity index (χ4n) is 3.80. The summed E-state index contributed by atoms with van der Waals surface area (Å²) in [4.78, 5) is 29.9. The summed E-state index contributed by atoms with van der Waals surface area (Å²) in [7, 11) is 0. The Morgan fingerprint density at radius 3 is 2.43 bits per heavy atom. The first-order chi connectivity index (χ1) is 13.4. The maximum Gasteiger partial charge on any atom is 0.271 e. The minimum atomic E-state index is -0.242. The van der Waals surface area contributed by atoms with Crippen molar-refractivity contribution in [1.82, 2.24) is 15.2 Å². The topological polar surface area (TPSA) is 74.3 Å². The molecule has 2 amide bonds. The van der Waals surface area contributed by atoms with E-state index in [1.165, 1.54) is 30.2 Å². The molecule has 1 aromatic carbocycles. The zero-order valence-corrected chi connectivity index (χ0v) is 17.5. The van der Waals surface area contributed by atoms with Crippen molar-refractivity contribution in [2.75, 3.05) is 18.4 Å². The van der Waals surface area contributed by atoms with E-state index in [0.717, 1.165) is 37.0 Å². The summed E-state index contributed by atoms with van der Waals surface area (Å²) in [6.07, 6.45) is 1.32. The molecule has 2 aromatic rings. The average Bonchev–Trinajstić information content (AvgIpc) is 3.08. The number of nitrogens with one attached hydrogen (secondary N) is 2. The molecule has 2 N–H and O–H groups in total. The van der Waals surface area contributed by atoms with Crippen LogP contribution in [0.5, 0.6) is 0 Å². The number of carbonyl (C=O) groups is 2. The van der Waals surface area contributed by atoms with Crippen molar-refractivity contribution < 1.29 is 9.59 Å². The Hall–Kier alpha value is -2.25. The Kier molecular flexibility index (Phi) is 6.80. The molecule has 28 heavy (non-hydrogen) atoms. The van der Waals surface area contributed by atoms with Gasteiger partial charge in [-0.2, -0.15) is 0 Å². The maximum atomic E-state index is 12.2. The predicted octanol–water partition coefficient (Wildman–Crippen LogP) is 3.51. The van der Waals surface area contributed by atoms with E-state index in [-0.39, 0.29) is 11.8 Å². The van der Waals surface area contributed by atoms with Crippen LogP contribution >= 0.6 is 11.3 Å². The molecule has 1 aliphatic rings. The molecule has 0 radical (unpaired) electrons. The third kappa shape index (κ3) is 5.87. The standard InChI is InChI=1S/C21H28N4O2S/c1-14-8-15(2)11-25(10-14)12-18-6-4-17(5-7-18)9-22-20(27)19-13-28-21(24-19)23-16(3)26/h4-7,13-15H,8-12H2,1-3H3,(H,22,27)(H,23,24,26)/t14-,15-/m0/s1. The number of aromatic nitrogens is 1. The molecule has 1 fully saturated rings. The fraction of sp³-hybridized carbons (Fsp3) is 0.476. The minimum Gasteiger partial charge on any atom is -0.347 e. The number of amides is 2. The molecule has 0 saturated carbocycles. The molecule has 1 saturated heterocycles. The molecule has 1 aliphatic heterocycles. The smallest absolute Gasteiger partial charge is 0.271 e. The molecular weight excluding hydrogens is 372 g/mol. The second-order valence-corrected chi connectivity index (χ2v) is 8.72. The van der Waals surface area contributed by atoms with Crippen LogP contribution in [-0.2, 0) is 17.9 Å². The van der Waals surface area contributed by atoms with E-state index in [4.69, 9.17) is 0 Å². The molecular formula is C21H28N4O2S. The normalized spacial score (nSPS) is 20.0. The number of anilines is 1. The van der Waals surface area contributed by atoms with E-state index in [0.29, 0.717) is 17.4 Å². The van der Waals surface area contributed by atoms with Crippen LogP contribution in [0, 0.1) is 11.8 Å². The lowest BCUT2D eigenvalue weighted by Gasteiger charge is -2.35. The van der Waals surface area contributed by atoms with Crippen LogP contribution in [0.25, 0.3) is 0 Å². The average molecular weight is 401 g/mol. The number of nitrogens with zero attached hydrogens (tertiary/aromatic N) is 2. The zero-order chi connectivity index (χ0) is 20.1. The molecule has 7 heteroatoms. The second-order valence-electron chi connectivity index (χ2n) is 7.86. The van der Waals surface area contributed by atoms with Gasteiger partial charge in [-0.05, 0) is 29.4 Å². The second kappa shape index (κ2) is 9.30. The lowest BCUT2D eigenvalue weighted by atomic mass is 9.91. The van der Waals surface area contributed by atoms with E-state index in [2.05, 4.69) is 58.6 Å². The summed E-state index contributed by atoms with van der Waals surface area (Å²) in [5.41, 5.74) is 2.67. The van der Waals surface area contributed by atoms with Gasteiger partial charge in [0.05, 0.1) is 0 Å². The molecule has 1 aromatic heterocycles. The Bertz CT molecular complexity index is 808. The van der Waals surface area contributed by atoms with Crippen LogP contribution in [0.15, 0.2) is 29.6 Å². The van der Waals surface area contributed by atoms with Gasteiger partial charge in [0.15, 0.2) is 5.13 Å². The summed E-state index contributed by atoms with van der Waals surface area (Å²) >= 11 is 1.24. The summed E-state index contributed by atoms with van der Waals surface area (Å²) in [5.74, 6) is 1.08. The van der Waals surface area contributed by atoms with Crippen LogP contribution in [0.3, 0.4) is 0 Å². The number of carbonyl (C=O) groups excluding carboxylic acids is 2. The molecule has 0 aliphatic carbocycles. The van der Waals surface area contributed by atoms with Crippen molar-refractivity contribution in [3.63, 3.8) is 0 Å². The molecule has 0 bridgehead atoms. The first-order valence-corrected chi connectivity index (χ1v) is 10.6. The summed E-state index contributed by atoms with van der Waals surface area (Å²) in [6, 6.07) is 8.42. The van der Waals surface area contributed by atoms with Gasteiger partial charge in [-0.25, -0.2) is 4.98 Å². The van der Waals surface area contributed by atoms with Crippen LogP contribution in [0.4, 0.5) is 5.13 Å². The molecule has 2 atom stereocenters. The lowest BCUT2D eigenvalue weighted by molar-refractivity contribution is -0.114. The number of hydrogen-bond acceptors (Lipinski definition) is 5. The Balaban J connectivity index is 1.49. The van der Waals surface area contributed by atoms with Crippen molar-refractivity contribution in [2.45, 2.75) is 40.3 Å². The molecule has 6 nitrogen and oxygen atoms in total. The SMILES string of the molecule is CC(=O)Nc1nc(C(=O)NCc2ccc(CN3C[C@@H](C)C[C@H](C)C3)cc2)cs1. The van der Waals surface area contributed by atoms with Gasteiger partial charge in [-0.1, -0.05) is 38.1 Å². The molecule has 0 unspecified atom stereocenters. The van der Waals surface area contributed by atoms with Crippen LogP contribution in [0.1, 0.15) is 48.8 Å². The van der Waals surface area contributed by atoms with Crippen molar-refractivity contribution in [1.29, 1.82) is 0 Å². The van der Waals surface area contributed by atoms with Crippen molar-refractivity contribution in [3.05, 3.63) is 46.5 Å². The quantitative estimate of drug-likeness (QED) is 0.778. The van der Waals surface area contributed by atoms with Crippen LogP contribution < -0.4 is 10.6 Å². The maximum absolute atomic E-state index is 12.2. The Labute approximate surface area is 170 Å². The molecule has 150 valence electrons. The summed E-state index contributed by atoms with van der Waals surface area (Å²) < 4.78 is 0. The highest BCUT2D eigenvalue weighted by atomic mass is 32.1. The number of rotatable bonds is 6. The first kappa shape index (κ1) is 20.5. The monoisotopic (exact) mass is 400 g/mol. The van der Waals surface area contributed by atoms with Gasteiger partial charge in [0.1, 0.15) is 5.69 Å². The third-order valence-electron chi connectivity index (χ3n) is 4.85. The van der Waals surface area contributed by atoms with Gasteiger partial charge in [0.25, 0.3) is 5.91 Å². The van der Waals surface area contributed by atoms with E-state index >= 15 is 0 Å². The van der Waals surface area contributed by atoms with E-state index < -0.39 is 0 Å². The van der Waals surface area contributed by atoms with Crippen molar-refractivity contribution >= 4 is 28.3 Å². The van der Waals surface area contributed by atoms with Crippen molar-refractivity contribution in [3.8, 4) is 0 Å². The van der Waals surface area contributed by atoms with Gasteiger partial charge < -0.3 is 10.6 Å². The van der Waals surface area contributed by atoms with Gasteiger partial charge in [-0.3, -0.25) is 14.5 Å². The minimum absolute atomic E-state index is 0.199. The van der Waals surface area contributed by atoms with Crippen LogP contribution in [0.2, 0.25) is 0 Å². The first-order valence-electron chi connectivity index (χ1n) is 9.70. The van der Waals surface area contributed by atoms with E-state index in [9.17, 15) is 9.59 Å². The third-order valence-corrected chi connectivity index (χ3v) is 5.60. The fourth-order valence-corrected chi connectivity index (χ4v) is 4.54. The van der Waals surface area contributed by atoms with E-state index in [1.54, 1.807) is 5.38 Å². The number of benzene rings is 1. The highest BCUT2D eigenvalue weighted by Gasteiger charge is 2.21. The molecule has 3 rings (SSSR count). The van der Waals surface area contributed by atoms with Crippen molar-refractivity contribution in [2.24, 2.45) is 11.8 Å². The van der Waals surface area contributed by atoms with Gasteiger partial charge in [0, 0.05) is 38.5 Å². The summed E-state index contributed by atoms with van der Waals surface area (Å²) in [5, 5.41) is 7.54. The predicted molar refractivity (Wildman–Crippen MR) is 112 cm³/mol. The number of thiazole rings is 1. The molecule has 0 spiro atoms. The Morgan fingerprint density at radius 2 is 1.79 bits per heavy atom. The number of hydrogen-bond donors (Lipinski definition) is 2. The Morgan fingerprint density at radius 1 is 1.14 bits per heavy atom. The highest BCUT2D eigenvalue weighted by molar-refractivity contribution is 7.14. The molecule has 2 heterocycles. The number of piperidine rings is 1. The number of likely N-dealkylation sites (tertiary alicyclic amines) is 1. The largest absolute Gasteiger partial charge is 0.347 e. The van der Waals surface area contributed by atoms with Gasteiger partial charge in [-0.15, -0.1) is 11.3 Å². The summed E-state index contributed by atoms with van der Waals surface area (Å²) in [6.45, 7) is 9.82. The van der Waals surface area contributed by atoms with E-state index in [1.807, 2.05) is 0 Å². The van der Waals surface area contributed by atoms with Crippen LogP contribution in [-0.4, -0.2) is 34.8 Å². The van der Waals surface area contributed by atoms with Gasteiger partial charge >= 0.3 is 0 Å². The zero-order valence-electron chi connectivity index (χ0n) is 16.7.